The van der Waals surface area contributed by atoms with Crippen molar-refractivity contribution in [2.75, 3.05) is 14.2 Å². The third-order valence-electron chi connectivity index (χ3n) is 4.40. The van der Waals surface area contributed by atoms with Crippen molar-refractivity contribution in [1.29, 1.82) is 0 Å². The van der Waals surface area contributed by atoms with E-state index >= 15 is 0 Å². The van der Waals surface area contributed by atoms with E-state index in [1.165, 1.54) is 18.2 Å². The normalized spacial score (nSPS) is 11.5. The summed E-state index contributed by atoms with van der Waals surface area (Å²) in [6.07, 6.45) is 1.34. The molecule has 0 spiro atoms. The summed E-state index contributed by atoms with van der Waals surface area (Å²) < 4.78 is 12.8. The highest BCUT2D eigenvalue weighted by atomic mass is 79.9. The third kappa shape index (κ3) is 5.20. The number of methoxy groups -OCH3 is 2. The Morgan fingerprint density at radius 3 is 2.41 bits per heavy atom. The molecule has 0 aliphatic carbocycles. The Kier molecular flexibility index (Phi) is 7.70. The van der Waals surface area contributed by atoms with Crippen LogP contribution in [0.3, 0.4) is 0 Å². The largest absolute Gasteiger partial charge is 0.506 e. The molecule has 3 aromatic rings. The molecule has 32 heavy (non-hydrogen) atoms. The van der Waals surface area contributed by atoms with Crippen molar-refractivity contribution < 1.29 is 24.5 Å². The van der Waals surface area contributed by atoms with Gasteiger partial charge in [0.2, 0.25) is 0 Å². The summed E-state index contributed by atoms with van der Waals surface area (Å²) in [4.78, 5) is 11.9. The summed E-state index contributed by atoms with van der Waals surface area (Å²) in [5.74, 6) is 0.417. The molecule has 0 fully saturated rings. The lowest BCUT2D eigenvalue weighted by Crippen LogP contribution is -2.03. The van der Waals surface area contributed by atoms with Crippen LogP contribution < -0.4 is 9.47 Å². The van der Waals surface area contributed by atoms with Gasteiger partial charge in [0.15, 0.2) is 11.0 Å². The van der Waals surface area contributed by atoms with E-state index in [0.717, 1.165) is 11.8 Å². The topological polar surface area (TPSA) is 107 Å². The number of aliphatic carboxylic acids is 1. The zero-order valence-corrected chi connectivity index (χ0v) is 20.5. The van der Waals surface area contributed by atoms with Crippen molar-refractivity contribution >= 4 is 51.3 Å². The first-order valence-corrected chi connectivity index (χ1v) is 11.2. The number of aromatic nitrogens is 3. The number of hydrogen-bond donors (Lipinski definition) is 2. The van der Waals surface area contributed by atoms with Crippen LogP contribution in [0.5, 0.6) is 17.2 Å². The van der Waals surface area contributed by atoms with Crippen LogP contribution in [-0.4, -0.2) is 45.2 Å². The number of rotatable bonds is 8. The number of phenols is 1. The van der Waals surface area contributed by atoms with Gasteiger partial charge in [0.25, 0.3) is 0 Å². The van der Waals surface area contributed by atoms with Gasteiger partial charge in [0.05, 0.1) is 18.7 Å². The summed E-state index contributed by atoms with van der Waals surface area (Å²) in [6.45, 7) is 2.39. The maximum atomic E-state index is 11.9. The molecule has 1 aromatic heterocycles. The van der Waals surface area contributed by atoms with Crippen LogP contribution in [0.15, 0.2) is 44.9 Å². The summed E-state index contributed by atoms with van der Waals surface area (Å²) in [6, 6.07) is 8.33. The van der Waals surface area contributed by atoms with Gasteiger partial charge in [-0.3, -0.25) is 0 Å². The Balaban J connectivity index is 2.04. The maximum Gasteiger partial charge on any atom is 0.342 e. The predicted octanol–water partition coefficient (Wildman–Crippen LogP) is 5.32. The van der Waals surface area contributed by atoms with Crippen molar-refractivity contribution in [3.63, 3.8) is 0 Å². The smallest absolute Gasteiger partial charge is 0.342 e. The SMILES string of the molecule is CCn1c(S/C(=C\c2cc(Cl)cc(Br)c2O)C(=O)O)nnc1-c1cc(OC)cc(OC)c1. The number of carboxylic acid groups (broad SMARTS) is 1. The molecule has 0 saturated heterocycles. The molecule has 0 amide bonds. The molecule has 0 aliphatic rings. The molecule has 0 saturated carbocycles. The Bertz CT molecular complexity index is 1180. The van der Waals surface area contributed by atoms with E-state index < -0.39 is 5.97 Å². The second-order valence-electron chi connectivity index (χ2n) is 6.39. The first-order chi connectivity index (χ1) is 15.3. The van der Waals surface area contributed by atoms with Gasteiger partial charge in [0.1, 0.15) is 22.2 Å². The lowest BCUT2D eigenvalue weighted by molar-refractivity contribution is -0.131. The number of aromatic hydroxyl groups is 1. The second-order valence-corrected chi connectivity index (χ2v) is 8.69. The molecule has 1 heterocycles. The molecule has 2 N–H and O–H groups in total. The van der Waals surface area contributed by atoms with Crippen molar-refractivity contribution in [2.24, 2.45) is 0 Å². The zero-order valence-electron chi connectivity index (χ0n) is 17.3. The molecule has 168 valence electrons. The number of halogens is 2. The number of nitrogens with zero attached hydrogens (tertiary/aromatic N) is 3. The fourth-order valence-corrected chi connectivity index (χ4v) is 4.58. The quantitative estimate of drug-likeness (QED) is 0.292. The summed E-state index contributed by atoms with van der Waals surface area (Å²) >= 11 is 10.2. The van der Waals surface area contributed by atoms with Crippen molar-refractivity contribution in [3.8, 4) is 28.6 Å². The highest BCUT2D eigenvalue weighted by Gasteiger charge is 2.20. The Labute approximate surface area is 202 Å². The minimum absolute atomic E-state index is 0.0636. The average molecular weight is 541 g/mol. The van der Waals surface area contributed by atoms with Crippen LogP contribution in [0, 0.1) is 0 Å². The number of carboxylic acids is 1. The third-order valence-corrected chi connectivity index (χ3v) is 6.22. The first kappa shape index (κ1) is 24.0. The average Bonchev–Trinajstić information content (AvgIpc) is 3.18. The standard InChI is InChI=1S/C21H19BrClN3O5S/c1-4-26-19(12-6-14(30-2)10-15(7-12)31-3)24-25-21(26)32-17(20(28)29)8-11-5-13(23)9-16(22)18(11)27/h5-10,27H,4H2,1-3H3,(H,28,29)/b17-8-. The van der Waals surface area contributed by atoms with Gasteiger partial charge in [-0.2, -0.15) is 0 Å². The van der Waals surface area contributed by atoms with Crippen LogP contribution in [0.25, 0.3) is 17.5 Å². The van der Waals surface area contributed by atoms with E-state index in [-0.39, 0.29) is 16.2 Å². The van der Waals surface area contributed by atoms with Crippen LogP contribution in [-0.2, 0) is 11.3 Å². The van der Waals surface area contributed by atoms with Gasteiger partial charge < -0.3 is 24.3 Å². The van der Waals surface area contributed by atoms with Gasteiger partial charge in [-0.15, -0.1) is 10.2 Å². The number of phenolic OH excluding ortho intramolecular Hbond substituents is 1. The van der Waals surface area contributed by atoms with Crippen LogP contribution in [0.2, 0.25) is 5.02 Å². The lowest BCUT2D eigenvalue weighted by atomic mass is 10.2. The molecule has 2 aromatic carbocycles. The molecule has 0 aliphatic heterocycles. The second kappa shape index (κ2) is 10.3. The van der Waals surface area contributed by atoms with Gasteiger partial charge in [-0.25, -0.2) is 4.79 Å². The van der Waals surface area contributed by atoms with E-state index in [0.29, 0.717) is 44.1 Å². The monoisotopic (exact) mass is 539 g/mol. The number of hydrogen-bond acceptors (Lipinski definition) is 7. The van der Waals surface area contributed by atoms with E-state index in [1.54, 1.807) is 37.0 Å². The van der Waals surface area contributed by atoms with E-state index in [4.69, 9.17) is 21.1 Å². The van der Waals surface area contributed by atoms with E-state index in [1.807, 2.05) is 6.92 Å². The molecule has 11 heteroatoms. The van der Waals surface area contributed by atoms with Crippen LogP contribution >= 0.6 is 39.3 Å². The zero-order chi connectivity index (χ0) is 23.4. The van der Waals surface area contributed by atoms with E-state index in [9.17, 15) is 15.0 Å². The Morgan fingerprint density at radius 2 is 1.84 bits per heavy atom. The molecular weight excluding hydrogens is 522 g/mol. The van der Waals surface area contributed by atoms with Crippen molar-refractivity contribution in [2.45, 2.75) is 18.6 Å². The molecule has 0 atom stereocenters. The molecule has 0 radical (unpaired) electrons. The minimum atomic E-state index is -1.18. The summed E-state index contributed by atoms with van der Waals surface area (Å²) in [7, 11) is 3.11. The number of carbonyl (C=O) groups is 1. The maximum absolute atomic E-state index is 11.9. The van der Waals surface area contributed by atoms with Gasteiger partial charge >= 0.3 is 5.97 Å². The predicted molar refractivity (Wildman–Crippen MR) is 127 cm³/mol. The molecule has 3 rings (SSSR count). The van der Waals surface area contributed by atoms with E-state index in [2.05, 4.69) is 26.1 Å². The number of benzene rings is 2. The van der Waals surface area contributed by atoms with Gasteiger partial charge in [-0.1, -0.05) is 11.6 Å². The molecule has 0 bridgehead atoms. The first-order valence-electron chi connectivity index (χ1n) is 9.24. The van der Waals surface area contributed by atoms with Crippen molar-refractivity contribution in [3.05, 3.63) is 50.3 Å². The van der Waals surface area contributed by atoms with Crippen molar-refractivity contribution in [1.82, 2.24) is 14.8 Å². The summed E-state index contributed by atoms with van der Waals surface area (Å²) in [5.41, 5.74) is 0.967. The molecular formula is C21H19BrClN3O5S. The number of thioether (sulfide) groups is 1. The highest BCUT2D eigenvalue weighted by molar-refractivity contribution is 9.10. The van der Waals surface area contributed by atoms with Crippen LogP contribution in [0.1, 0.15) is 12.5 Å². The Morgan fingerprint density at radius 1 is 1.19 bits per heavy atom. The molecule has 8 nitrogen and oxygen atoms in total. The number of ether oxygens (including phenoxy) is 2. The lowest BCUT2D eigenvalue weighted by Gasteiger charge is -2.11. The Hall–Kier alpha value is -2.69. The van der Waals surface area contributed by atoms with Gasteiger partial charge in [0, 0.05) is 28.8 Å². The van der Waals surface area contributed by atoms with Crippen LogP contribution in [0.4, 0.5) is 0 Å². The molecule has 0 unspecified atom stereocenters. The minimum Gasteiger partial charge on any atom is -0.506 e. The van der Waals surface area contributed by atoms with Gasteiger partial charge in [-0.05, 0) is 65.0 Å². The fourth-order valence-electron chi connectivity index (χ4n) is 2.87. The summed E-state index contributed by atoms with van der Waals surface area (Å²) in [5, 5.41) is 29.2. The highest BCUT2D eigenvalue weighted by Crippen LogP contribution is 2.37. The fraction of sp³-hybridized carbons (Fsp3) is 0.190.